The van der Waals surface area contributed by atoms with E-state index in [0.29, 0.717) is 11.6 Å². The summed E-state index contributed by atoms with van der Waals surface area (Å²) < 4.78 is 0. The van der Waals surface area contributed by atoms with Crippen LogP contribution in [0.15, 0.2) is 0 Å². The van der Waals surface area contributed by atoms with Crippen LogP contribution in [0.4, 0.5) is 0 Å². The number of hydrogen-bond donors (Lipinski definition) is 0. The van der Waals surface area contributed by atoms with Crippen molar-refractivity contribution in [2.45, 2.75) is 0 Å². The fourth-order valence-electron chi connectivity index (χ4n) is 0.339. The Labute approximate surface area is 67.7 Å². The van der Waals surface area contributed by atoms with Gasteiger partial charge in [-0.2, -0.15) is 0 Å². The molecule has 1 aromatic rings. The highest BCUT2D eigenvalue weighted by molar-refractivity contribution is 7.79. The van der Waals surface area contributed by atoms with E-state index in [1.165, 1.54) is 10.7 Å². The Hall–Kier alpha value is -0.880. The second-order valence-corrected chi connectivity index (χ2v) is 1.82. The standard InChI is InChI=1S/C4H2N4S2/c9-1-3-5-7-4(2-10)8-6-3/h1-2H. The molecule has 0 atom stereocenters. The Balaban J connectivity index is 3.00. The molecule has 0 unspecified atom stereocenters. The van der Waals surface area contributed by atoms with Crippen molar-refractivity contribution in [1.29, 1.82) is 0 Å². The first kappa shape index (κ1) is 7.23. The number of rotatable bonds is 2. The minimum atomic E-state index is 0.329. The Morgan fingerprint density at radius 1 is 0.800 bits per heavy atom. The largest absolute Gasteiger partial charge is 0.207 e. The molecule has 0 aliphatic carbocycles. The SMILES string of the molecule is S=Cc1nnc(C=S)nn1. The Morgan fingerprint density at radius 2 is 1.10 bits per heavy atom. The highest BCUT2D eigenvalue weighted by Crippen LogP contribution is 1.79. The van der Waals surface area contributed by atoms with Crippen LogP contribution < -0.4 is 0 Å². The third kappa shape index (κ3) is 1.55. The van der Waals surface area contributed by atoms with E-state index in [1.54, 1.807) is 0 Å². The quantitative estimate of drug-likeness (QED) is 0.581. The molecule has 0 aliphatic rings. The van der Waals surface area contributed by atoms with Crippen molar-refractivity contribution >= 4 is 35.2 Å². The van der Waals surface area contributed by atoms with Gasteiger partial charge in [0.25, 0.3) is 0 Å². The van der Waals surface area contributed by atoms with Gasteiger partial charge < -0.3 is 0 Å². The number of thiocarbonyl (C=S) groups is 2. The predicted octanol–water partition coefficient (Wildman–Crippen LogP) is -0.0378. The molecule has 1 rings (SSSR count). The maximum absolute atomic E-state index is 4.53. The number of hydrogen-bond acceptors (Lipinski definition) is 6. The topological polar surface area (TPSA) is 51.6 Å². The van der Waals surface area contributed by atoms with E-state index in [0.717, 1.165) is 0 Å². The second-order valence-electron chi connectivity index (χ2n) is 1.35. The lowest BCUT2D eigenvalue weighted by atomic mass is 10.7. The summed E-state index contributed by atoms with van der Waals surface area (Å²) in [6, 6.07) is 0. The van der Waals surface area contributed by atoms with Gasteiger partial charge in [-0.15, -0.1) is 20.4 Å². The summed E-state index contributed by atoms with van der Waals surface area (Å²) in [4.78, 5) is 0. The molecule has 0 saturated carbocycles. The van der Waals surface area contributed by atoms with E-state index in [9.17, 15) is 0 Å². The van der Waals surface area contributed by atoms with Crippen LogP contribution in [-0.4, -0.2) is 31.1 Å². The summed E-state index contributed by atoms with van der Waals surface area (Å²) in [6.07, 6.45) is 0. The Kier molecular flexibility index (Phi) is 2.41. The molecular weight excluding hydrogens is 168 g/mol. The average Bonchev–Trinajstić information content (AvgIpc) is 2.05. The fraction of sp³-hybridized carbons (Fsp3) is 0. The molecule has 0 bridgehead atoms. The van der Waals surface area contributed by atoms with Crippen LogP contribution in [0.25, 0.3) is 0 Å². The van der Waals surface area contributed by atoms with E-state index in [1.807, 2.05) is 0 Å². The van der Waals surface area contributed by atoms with E-state index >= 15 is 0 Å². The van der Waals surface area contributed by atoms with Gasteiger partial charge in [-0.3, -0.25) is 0 Å². The van der Waals surface area contributed by atoms with Gasteiger partial charge >= 0.3 is 0 Å². The van der Waals surface area contributed by atoms with Gasteiger partial charge in [0.1, 0.15) is 0 Å². The minimum Gasteiger partial charge on any atom is -0.126 e. The van der Waals surface area contributed by atoms with Crippen molar-refractivity contribution in [2.24, 2.45) is 0 Å². The van der Waals surface area contributed by atoms with Gasteiger partial charge in [0, 0.05) is 10.7 Å². The first-order chi connectivity index (χ1) is 4.86. The van der Waals surface area contributed by atoms with Gasteiger partial charge in [-0.1, -0.05) is 24.4 Å². The van der Waals surface area contributed by atoms with Crippen molar-refractivity contribution in [1.82, 2.24) is 20.4 Å². The lowest BCUT2D eigenvalue weighted by Gasteiger charge is -1.86. The van der Waals surface area contributed by atoms with E-state index in [2.05, 4.69) is 44.8 Å². The van der Waals surface area contributed by atoms with Crippen molar-refractivity contribution in [3.05, 3.63) is 11.6 Å². The van der Waals surface area contributed by atoms with Crippen LogP contribution in [0, 0.1) is 0 Å². The fourth-order valence-corrected chi connectivity index (χ4v) is 0.528. The first-order valence-electron chi connectivity index (χ1n) is 2.34. The molecule has 4 nitrogen and oxygen atoms in total. The molecule has 0 spiro atoms. The molecule has 0 aromatic carbocycles. The number of aromatic nitrogens is 4. The average molecular weight is 170 g/mol. The lowest BCUT2D eigenvalue weighted by molar-refractivity contribution is 0.837. The molecule has 6 heteroatoms. The monoisotopic (exact) mass is 170 g/mol. The Morgan fingerprint density at radius 3 is 1.30 bits per heavy atom. The highest BCUT2D eigenvalue weighted by Gasteiger charge is 1.92. The van der Waals surface area contributed by atoms with Crippen molar-refractivity contribution in [3.63, 3.8) is 0 Å². The molecule has 50 valence electrons. The summed E-state index contributed by atoms with van der Waals surface area (Å²) in [5, 5.41) is 16.9. The van der Waals surface area contributed by atoms with Crippen molar-refractivity contribution in [2.75, 3.05) is 0 Å². The zero-order valence-corrected chi connectivity index (χ0v) is 6.39. The second kappa shape index (κ2) is 3.33. The van der Waals surface area contributed by atoms with E-state index < -0.39 is 0 Å². The van der Waals surface area contributed by atoms with Gasteiger partial charge in [-0.25, -0.2) is 0 Å². The van der Waals surface area contributed by atoms with Crippen molar-refractivity contribution in [3.8, 4) is 0 Å². The first-order valence-corrected chi connectivity index (χ1v) is 3.29. The van der Waals surface area contributed by atoms with Gasteiger partial charge in [0.2, 0.25) is 11.6 Å². The van der Waals surface area contributed by atoms with Crippen LogP contribution in [0.2, 0.25) is 0 Å². The third-order valence-electron chi connectivity index (χ3n) is 0.721. The molecule has 0 fully saturated rings. The Bertz CT molecular complexity index is 217. The zero-order chi connectivity index (χ0) is 7.40. The summed E-state index contributed by atoms with van der Waals surface area (Å²) in [6.45, 7) is 0. The molecule has 0 radical (unpaired) electrons. The smallest absolute Gasteiger partial charge is 0.126 e. The minimum absolute atomic E-state index is 0.329. The molecule has 1 heterocycles. The molecule has 0 N–H and O–H groups in total. The third-order valence-corrected chi connectivity index (χ3v) is 1.14. The maximum atomic E-state index is 4.53. The van der Waals surface area contributed by atoms with Crippen LogP contribution in [0.5, 0.6) is 0 Å². The lowest BCUT2D eigenvalue weighted by Crippen LogP contribution is -2.02. The van der Waals surface area contributed by atoms with Crippen LogP contribution in [0.3, 0.4) is 0 Å². The van der Waals surface area contributed by atoms with Crippen LogP contribution in [0.1, 0.15) is 11.6 Å². The molecule has 1 aromatic heterocycles. The molecular formula is C4H2N4S2. The number of nitrogens with zero attached hydrogens (tertiary/aromatic N) is 4. The summed E-state index contributed by atoms with van der Waals surface area (Å²) in [5.74, 6) is 0.659. The molecule has 0 aliphatic heterocycles. The molecule has 10 heavy (non-hydrogen) atoms. The summed E-state index contributed by atoms with van der Waals surface area (Å²) in [5.41, 5.74) is 0. The summed E-state index contributed by atoms with van der Waals surface area (Å²) >= 11 is 9.06. The highest BCUT2D eigenvalue weighted by atomic mass is 32.1. The van der Waals surface area contributed by atoms with Gasteiger partial charge in [-0.05, 0) is 0 Å². The van der Waals surface area contributed by atoms with E-state index in [4.69, 9.17) is 0 Å². The van der Waals surface area contributed by atoms with Crippen molar-refractivity contribution < 1.29 is 0 Å². The van der Waals surface area contributed by atoms with E-state index in [-0.39, 0.29) is 0 Å². The molecule has 0 saturated heterocycles. The van der Waals surface area contributed by atoms with Crippen LogP contribution in [-0.2, 0) is 0 Å². The summed E-state index contributed by atoms with van der Waals surface area (Å²) in [7, 11) is 0. The molecule has 0 amide bonds. The zero-order valence-electron chi connectivity index (χ0n) is 4.76. The maximum Gasteiger partial charge on any atom is 0.207 e. The predicted molar refractivity (Wildman–Crippen MR) is 43.1 cm³/mol. The van der Waals surface area contributed by atoms with Gasteiger partial charge in [0.15, 0.2) is 0 Å². The van der Waals surface area contributed by atoms with Crippen LogP contribution >= 0.6 is 24.4 Å². The van der Waals surface area contributed by atoms with Gasteiger partial charge in [0.05, 0.1) is 0 Å². The normalized spacial score (nSPS) is 8.80.